The number of carbonyl (C=O) groups excluding carboxylic acids is 1. The Morgan fingerprint density at radius 1 is 1.08 bits per heavy atom. The van der Waals surface area contributed by atoms with Gasteiger partial charge in [-0.25, -0.2) is 14.3 Å². The Labute approximate surface area is 156 Å². The number of nitrogens with one attached hydrogen (secondary N) is 1. The normalized spacial score (nSPS) is 10.8. The Balaban J connectivity index is 1.71. The number of amides is 1. The predicted molar refractivity (Wildman–Crippen MR) is 101 cm³/mol. The van der Waals surface area contributed by atoms with Gasteiger partial charge in [-0.2, -0.15) is 5.10 Å². The van der Waals surface area contributed by atoms with E-state index in [1.807, 2.05) is 36.4 Å². The van der Waals surface area contributed by atoms with Crippen LogP contribution in [0.1, 0.15) is 10.4 Å². The van der Waals surface area contributed by atoms with Crippen LogP contribution in [0.2, 0.25) is 0 Å². The van der Waals surface area contributed by atoms with E-state index in [4.69, 9.17) is 0 Å². The maximum Gasteiger partial charge on any atom is 0.283 e. The molecule has 2 aromatic heterocycles. The molecule has 0 saturated heterocycles. The van der Waals surface area contributed by atoms with Gasteiger partial charge in [0.1, 0.15) is 11.7 Å². The minimum absolute atomic E-state index is 0.311. The van der Waals surface area contributed by atoms with Crippen LogP contribution in [0.25, 0.3) is 16.7 Å². The first-order valence-corrected chi connectivity index (χ1v) is 8.50. The van der Waals surface area contributed by atoms with E-state index < -0.39 is 11.5 Å². The van der Waals surface area contributed by atoms with E-state index >= 15 is 0 Å². The van der Waals surface area contributed by atoms with Gasteiger partial charge in [-0.15, -0.1) is 0 Å². The Morgan fingerprint density at radius 2 is 1.88 bits per heavy atom. The summed E-state index contributed by atoms with van der Waals surface area (Å²) in [5.41, 5.74) is 3.78. The Bertz CT molecular complexity index is 1170. The highest BCUT2D eigenvalue weighted by molar-refractivity contribution is 9.10. The lowest BCUT2D eigenvalue weighted by atomic mass is 10.2. The van der Waals surface area contributed by atoms with Crippen LogP contribution < -0.4 is 11.0 Å². The average Bonchev–Trinajstić information content (AvgIpc) is 3.09. The first-order chi connectivity index (χ1) is 12.6. The molecule has 0 fully saturated rings. The second-order valence-corrected chi connectivity index (χ2v) is 6.42. The highest BCUT2D eigenvalue weighted by Gasteiger charge is 2.13. The van der Waals surface area contributed by atoms with Crippen molar-refractivity contribution in [2.75, 3.05) is 5.43 Å². The molecule has 0 aliphatic carbocycles. The van der Waals surface area contributed by atoms with Crippen LogP contribution in [0.3, 0.4) is 0 Å². The summed E-state index contributed by atoms with van der Waals surface area (Å²) in [5.74, 6) is -0.412. The SMILES string of the molecule is O=C(Nn1cnc2c(cnn2-c2ccccc2)c1=O)c1cccc(Br)c1. The highest BCUT2D eigenvalue weighted by atomic mass is 79.9. The van der Waals surface area contributed by atoms with Crippen LogP contribution in [-0.2, 0) is 0 Å². The van der Waals surface area contributed by atoms with Crippen molar-refractivity contribution in [2.24, 2.45) is 0 Å². The van der Waals surface area contributed by atoms with E-state index in [9.17, 15) is 9.59 Å². The molecule has 0 radical (unpaired) electrons. The molecule has 0 unspecified atom stereocenters. The molecule has 0 spiro atoms. The molecular weight excluding hydrogens is 398 g/mol. The first kappa shape index (κ1) is 16.2. The molecule has 2 heterocycles. The summed E-state index contributed by atoms with van der Waals surface area (Å²) in [4.78, 5) is 29.3. The molecule has 128 valence electrons. The second kappa shape index (κ2) is 6.57. The van der Waals surface area contributed by atoms with Crippen LogP contribution in [0.5, 0.6) is 0 Å². The molecule has 2 aromatic carbocycles. The lowest BCUT2D eigenvalue weighted by molar-refractivity contribution is 0.101. The zero-order valence-electron chi connectivity index (χ0n) is 13.3. The summed E-state index contributed by atoms with van der Waals surface area (Å²) in [6, 6.07) is 16.3. The van der Waals surface area contributed by atoms with E-state index in [1.165, 1.54) is 12.5 Å². The molecule has 4 aromatic rings. The monoisotopic (exact) mass is 409 g/mol. The number of hydrogen-bond donors (Lipinski definition) is 1. The number of carbonyl (C=O) groups is 1. The second-order valence-electron chi connectivity index (χ2n) is 5.50. The van der Waals surface area contributed by atoms with Gasteiger partial charge in [0.15, 0.2) is 5.65 Å². The maximum atomic E-state index is 12.7. The molecular formula is C18H12BrN5O2. The Morgan fingerprint density at radius 3 is 2.65 bits per heavy atom. The third kappa shape index (κ3) is 2.91. The maximum absolute atomic E-state index is 12.7. The highest BCUT2D eigenvalue weighted by Crippen LogP contribution is 2.13. The van der Waals surface area contributed by atoms with E-state index in [2.05, 4.69) is 31.4 Å². The fourth-order valence-corrected chi connectivity index (χ4v) is 2.95. The van der Waals surface area contributed by atoms with Gasteiger partial charge in [0.2, 0.25) is 0 Å². The smallest absolute Gasteiger partial charge is 0.267 e. The van der Waals surface area contributed by atoms with Gasteiger partial charge in [-0.1, -0.05) is 40.2 Å². The zero-order valence-corrected chi connectivity index (χ0v) is 14.9. The van der Waals surface area contributed by atoms with E-state index in [0.717, 1.165) is 14.8 Å². The third-order valence-corrected chi connectivity index (χ3v) is 4.29. The van der Waals surface area contributed by atoms with Crippen LogP contribution >= 0.6 is 15.9 Å². The molecule has 1 N–H and O–H groups in total. The summed E-state index contributed by atoms with van der Waals surface area (Å²) >= 11 is 3.32. The van der Waals surface area contributed by atoms with Gasteiger partial charge in [-0.3, -0.25) is 15.0 Å². The molecule has 0 atom stereocenters. The van der Waals surface area contributed by atoms with Crippen LogP contribution in [0.15, 0.2) is 76.4 Å². The molecule has 1 amide bonds. The van der Waals surface area contributed by atoms with E-state index in [0.29, 0.717) is 16.6 Å². The summed E-state index contributed by atoms with van der Waals surface area (Å²) in [7, 11) is 0. The fourth-order valence-electron chi connectivity index (χ4n) is 2.55. The summed E-state index contributed by atoms with van der Waals surface area (Å²) in [6.07, 6.45) is 2.72. The van der Waals surface area contributed by atoms with Crippen molar-refractivity contribution in [3.05, 3.63) is 87.5 Å². The number of fused-ring (bicyclic) bond motifs is 1. The van der Waals surface area contributed by atoms with Crippen molar-refractivity contribution in [3.63, 3.8) is 0 Å². The third-order valence-electron chi connectivity index (χ3n) is 3.80. The largest absolute Gasteiger partial charge is 0.283 e. The number of nitrogens with zero attached hydrogens (tertiary/aromatic N) is 4. The molecule has 8 heteroatoms. The number of hydrogen-bond acceptors (Lipinski definition) is 4. The van der Waals surface area contributed by atoms with Gasteiger partial charge >= 0.3 is 0 Å². The molecule has 0 aliphatic heterocycles. The Kier molecular flexibility index (Phi) is 4.10. The molecule has 0 aliphatic rings. The van der Waals surface area contributed by atoms with Gasteiger partial charge < -0.3 is 0 Å². The Hall–Kier alpha value is -3.26. The van der Waals surface area contributed by atoms with Gasteiger partial charge in [0.25, 0.3) is 11.5 Å². The summed E-state index contributed by atoms with van der Waals surface area (Å²) in [6.45, 7) is 0. The predicted octanol–water partition coefficient (Wildman–Crippen LogP) is 2.73. The minimum Gasteiger partial charge on any atom is -0.267 e. The average molecular weight is 410 g/mol. The van der Waals surface area contributed by atoms with Crippen LogP contribution in [0, 0.1) is 0 Å². The number of benzene rings is 2. The van der Waals surface area contributed by atoms with E-state index in [-0.39, 0.29) is 0 Å². The quantitative estimate of drug-likeness (QED) is 0.563. The number of rotatable bonds is 3. The summed E-state index contributed by atoms with van der Waals surface area (Å²) in [5, 5.41) is 4.55. The molecule has 0 bridgehead atoms. The minimum atomic E-state index is -0.412. The number of halogens is 1. The van der Waals surface area contributed by atoms with Crippen molar-refractivity contribution < 1.29 is 4.79 Å². The lowest BCUT2D eigenvalue weighted by Crippen LogP contribution is -2.33. The van der Waals surface area contributed by atoms with Gasteiger partial charge in [-0.05, 0) is 30.3 Å². The molecule has 0 saturated carbocycles. The van der Waals surface area contributed by atoms with Crippen molar-refractivity contribution in [1.82, 2.24) is 19.4 Å². The number of aromatic nitrogens is 4. The standard InChI is InChI=1S/C18H12BrN5O2/c19-13-6-4-5-12(9-13)17(25)22-23-11-20-16-15(18(23)26)10-21-24(16)14-7-2-1-3-8-14/h1-11H,(H,22,25). The number of para-hydroxylation sites is 1. The van der Waals surface area contributed by atoms with Crippen molar-refractivity contribution in [2.45, 2.75) is 0 Å². The van der Waals surface area contributed by atoms with Crippen molar-refractivity contribution in [3.8, 4) is 5.69 Å². The van der Waals surface area contributed by atoms with Crippen molar-refractivity contribution in [1.29, 1.82) is 0 Å². The topological polar surface area (TPSA) is 81.8 Å². The van der Waals surface area contributed by atoms with Crippen molar-refractivity contribution >= 4 is 32.9 Å². The molecule has 26 heavy (non-hydrogen) atoms. The van der Waals surface area contributed by atoms with Gasteiger partial charge in [0.05, 0.1) is 11.9 Å². The van der Waals surface area contributed by atoms with E-state index in [1.54, 1.807) is 22.9 Å². The zero-order chi connectivity index (χ0) is 18.1. The summed E-state index contributed by atoms with van der Waals surface area (Å²) < 4.78 is 3.41. The molecule has 7 nitrogen and oxygen atoms in total. The first-order valence-electron chi connectivity index (χ1n) is 7.71. The van der Waals surface area contributed by atoms with Gasteiger partial charge in [0, 0.05) is 10.0 Å². The fraction of sp³-hybridized carbons (Fsp3) is 0. The van der Waals surface area contributed by atoms with Crippen LogP contribution in [-0.4, -0.2) is 25.3 Å². The van der Waals surface area contributed by atoms with Crippen LogP contribution in [0.4, 0.5) is 0 Å². The molecule has 4 rings (SSSR count). The lowest BCUT2D eigenvalue weighted by Gasteiger charge is -2.08.